The summed E-state index contributed by atoms with van der Waals surface area (Å²) in [6.45, 7) is 12.6. The van der Waals surface area contributed by atoms with E-state index in [1.165, 1.54) is 30.9 Å². The van der Waals surface area contributed by atoms with E-state index in [0.29, 0.717) is 67.5 Å². The summed E-state index contributed by atoms with van der Waals surface area (Å²) in [5, 5.41) is 0. The summed E-state index contributed by atoms with van der Waals surface area (Å²) in [5.74, 6) is 0.567. The topological polar surface area (TPSA) is 124 Å². The second kappa shape index (κ2) is 29.8. The van der Waals surface area contributed by atoms with Gasteiger partial charge in [-0.3, -0.25) is 4.79 Å². The van der Waals surface area contributed by atoms with E-state index in [2.05, 4.69) is 32.2 Å². The zero-order valence-corrected chi connectivity index (χ0v) is 34.2. The molecule has 310 valence electrons. The van der Waals surface area contributed by atoms with E-state index in [0.717, 1.165) is 83.5 Å². The van der Waals surface area contributed by atoms with E-state index < -0.39 is 0 Å². The summed E-state index contributed by atoms with van der Waals surface area (Å²) in [7, 11) is 1.79. The maximum atomic E-state index is 12.5. The van der Waals surface area contributed by atoms with E-state index >= 15 is 0 Å². The second-order valence-electron chi connectivity index (χ2n) is 14.2. The number of esters is 4. The minimum atomic E-state index is -0.387. The summed E-state index contributed by atoms with van der Waals surface area (Å²) in [4.78, 5) is 46.0. The zero-order valence-electron chi connectivity index (χ0n) is 34.2. The van der Waals surface area contributed by atoms with Crippen molar-refractivity contribution in [1.29, 1.82) is 0 Å². The zero-order chi connectivity index (χ0) is 40.8. The van der Waals surface area contributed by atoms with Crippen LogP contribution < -0.4 is 9.47 Å². The Bertz CT molecular complexity index is 1420. The molecule has 0 aromatic heterocycles. The fraction of sp³-hybridized carbons (Fsp3) is 0.565. The maximum Gasteiger partial charge on any atom is 0.343 e. The molecule has 0 radical (unpaired) electrons. The van der Waals surface area contributed by atoms with Gasteiger partial charge in [-0.1, -0.05) is 57.9 Å². The van der Waals surface area contributed by atoms with Gasteiger partial charge in [0.2, 0.25) is 0 Å². The third kappa shape index (κ3) is 21.6. The van der Waals surface area contributed by atoms with Crippen molar-refractivity contribution in [2.24, 2.45) is 0 Å². The molecule has 56 heavy (non-hydrogen) atoms. The van der Waals surface area contributed by atoms with Crippen LogP contribution in [0, 0.1) is 0 Å². The Morgan fingerprint density at radius 3 is 1.82 bits per heavy atom. The lowest BCUT2D eigenvalue weighted by atomic mass is 9.83. The molecular formula is C46H66O10. The monoisotopic (exact) mass is 778 g/mol. The summed E-state index contributed by atoms with van der Waals surface area (Å²) < 4.78 is 31.8. The average Bonchev–Trinajstić information content (AvgIpc) is 3.22. The number of hydrogen-bond acceptors (Lipinski definition) is 10. The van der Waals surface area contributed by atoms with E-state index in [1.807, 2.05) is 12.1 Å². The molecule has 1 saturated carbocycles. The average molecular weight is 779 g/mol. The molecule has 2 aromatic carbocycles. The summed E-state index contributed by atoms with van der Waals surface area (Å²) in [6, 6.07) is 14.9. The van der Waals surface area contributed by atoms with Crippen molar-refractivity contribution >= 4 is 23.9 Å². The number of hydrogen-bond donors (Lipinski definition) is 0. The first-order chi connectivity index (χ1) is 27.2. The Morgan fingerprint density at radius 2 is 1.23 bits per heavy atom. The van der Waals surface area contributed by atoms with Gasteiger partial charge in [0, 0.05) is 25.2 Å². The van der Waals surface area contributed by atoms with Gasteiger partial charge in [-0.2, -0.15) is 0 Å². The molecule has 0 atom stereocenters. The Balaban J connectivity index is 0.000000443. The molecule has 10 nitrogen and oxygen atoms in total. The van der Waals surface area contributed by atoms with E-state index in [9.17, 15) is 19.2 Å². The van der Waals surface area contributed by atoms with Crippen LogP contribution in [0.4, 0.5) is 0 Å². The first-order valence-electron chi connectivity index (χ1n) is 20.5. The molecule has 3 rings (SSSR count). The van der Waals surface area contributed by atoms with E-state index in [4.69, 9.17) is 28.4 Å². The summed E-state index contributed by atoms with van der Waals surface area (Å²) >= 11 is 0. The highest BCUT2D eigenvalue weighted by Crippen LogP contribution is 2.34. The molecular weight excluding hydrogens is 712 g/mol. The number of benzene rings is 2. The second-order valence-corrected chi connectivity index (χ2v) is 14.2. The fourth-order valence-corrected chi connectivity index (χ4v) is 6.07. The fourth-order valence-electron chi connectivity index (χ4n) is 6.07. The van der Waals surface area contributed by atoms with Crippen LogP contribution in [0.3, 0.4) is 0 Å². The van der Waals surface area contributed by atoms with E-state index in [-0.39, 0.29) is 23.9 Å². The standard InChI is InChI=1S/C29H36O6.C17H30O4/c1-3-28(30)34-21-7-5-4-6-20-33-26-16-12-24(13-17-26)29(31)35-27-18-10-23(11-19-27)22-8-14-25(32-2)15-9-22;1-4-5-6-7-10-13-20-16(18)12-9-8-11-14-21-17(19)15(2)3/h3,10-13,16-19,22,25H,1,4-9,14-15,20-21H2,2H3;2,4-14H2,1,3H3. The van der Waals surface area contributed by atoms with Crippen molar-refractivity contribution in [3.8, 4) is 11.5 Å². The first kappa shape index (κ1) is 47.7. The normalized spacial score (nSPS) is 14.7. The van der Waals surface area contributed by atoms with Crippen LogP contribution in [0.25, 0.3) is 0 Å². The van der Waals surface area contributed by atoms with Crippen molar-refractivity contribution in [2.45, 2.75) is 135 Å². The Hall–Kier alpha value is -4.44. The molecule has 1 fully saturated rings. The molecule has 0 aliphatic heterocycles. The molecule has 0 bridgehead atoms. The lowest BCUT2D eigenvalue weighted by Crippen LogP contribution is -2.19. The summed E-state index contributed by atoms with van der Waals surface area (Å²) in [6.07, 6.45) is 18.3. The van der Waals surface area contributed by atoms with Crippen molar-refractivity contribution < 1.29 is 47.6 Å². The predicted molar refractivity (Wildman–Crippen MR) is 219 cm³/mol. The first-order valence-corrected chi connectivity index (χ1v) is 20.5. The molecule has 0 amide bonds. The molecule has 2 aromatic rings. The lowest BCUT2D eigenvalue weighted by molar-refractivity contribution is -0.144. The maximum absolute atomic E-state index is 12.5. The minimum absolute atomic E-state index is 0.121. The van der Waals surface area contributed by atoms with Gasteiger partial charge in [-0.05, 0) is 132 Å². The molecule has 1 aliphatic carbocycles. The smallest absolute Gasteiger partial charge is 0.343 e. The number of ether oxygens (including phenoxy) is 6. The van der Waals surface area contributed by atoms with Crippen LogP contribution in [0.15, 0.2) is 73.3 Å². The molecule has 0 heterocycles. The van der Waals surface area contributed by atoms with Crippen LogP contribution in [-0.4, -0.2) is 63.5 Å². The number of rotatable bonds is 26. The number of carbonyl (C=O) groups is 4. The van der Waals surface area contributed by atoms with Crippen molar-refractivity contribution in [3.63, 3.8) is 0 Å². The van der Waals surface area contributed by atoms with Crippen LogP contribution in [0.1, 0.15) is 145 Å². The van der Waals surface area contributed by atoms with E-state index in [1.54, 1.807) is 38.3 Å². The molecule has 0 unspecified atom stereocenters. The van der Waals surface area contributed by atoms with Crippen LogP contribution in [0.5, 0.6) is 11.5 Å². The van der Waals surface area contributed by atoms with Gasteiger partial charge in [-0.25, -0.2) is 14.4 Å². The minimum Gasteiger partial charge on any atom is -0.494 e. The third-order valence-electron chi connectivity index (χ3n) is 9.50. The van der Waals surface area contributed by atoms with Gasteiger partial charge in [0.25, 0.3) is 0 Å². The number of unbranched alkanes of at least 4 members (excludes halogenated alkanes) is 9. The van der Waals surface area contributed by atoms with Crippen molar-refractivity contribution in [1.82, 2.24) is 0 Å². The predicted octanol–water partition coefficient (Wildman–Crippen LogP) is 10.4. The lowest BCUT2D eigenvalue weighted by Gasteiger charge is -2.27. The molecule has 1 aliphatic rings. The Kier molecular flexibility index (Phi) is 25.4. The van der Waals surface area contributed by atoms with Gasteiger partial charge >= 0.3 is 23.9 Å². The van der Waals surface area contributed by atoms with Crippen LogP contribution in [-0.2, 0) is 33.3 Å². The number of carbonyl (C=O) groups excluding carboxylic acids is 4. The van der Waals surface area contributed by atoms with Crippen LogP contribution in [0.2, 0.25) is 0 Å². The molecule has 0 spiro atoms. The van der Waals surface area contributed by atoms with Crippen LogP contribution >= 0.6 is 0 Å². The van der Waals surface area contributed by atoms with Gasteiger partial charge in [-0.15, -0.1) is 0 Å². The molecule has 0 saturated heterocycles. The van der Waals surface area contributed by atoms with Gasteiger partial charge in [0.1, 0.15) is 11.5 Å². The summed E-state index contributed by atoms with van der Waals surface area (Å²) in [5.41, 5.74) is 2.18. The highest BCUT2D eigenvalue weighted by Gasteiger charge is 2.22. The van der Waals surface area contributed by atoms with Gasteiger partial charge in [0.05, 0.1) is 38.1 Å². The Morgan fingerprint density at radius 1 is 0.679 bits per heavy atom. The molecule has 0 N–H and O–H groups in total. The van der Waals surface area contributed by atoms with Gasteiger partial charge in [0.15, 0.2) is 0 Å². The number of methoxy groups -OCH3 is 1. The largest absolute Gasteiger partial charge is 0.494 e. The Labute approximate surface area is 335 Å². The van der Waals surface area contributed by atoms with Crippen molar-refractivity contribution in [2.75, 3.05) is 33.5 Å². The highest BCUT2D eigenvalue weighted by atomic mass is 16.5. The van der Waals surface area contributed by atoms with Gasteiger partial charge < -0.3 is 28.4 Å². The third-order valence-corrected chi connectivity index (χ3v) is 9.50. The SMILES string of the molecule is C=C(C)C(=O)OCCCCCC(=O)OCCCCCCC.C=CC(=O)OCCCCCCOc1ccc(C(=O)Oc2ccc(C3CCC(OC)CC3)cc2)cc1. The van der Waals surface area contributed by atoms with Crippen molar-refractivity contribution in [3.05, 3.63) is 84.5 Å². The quantitative estimate of drug-likeness (QED) is 0.0300. The highest BCUT2D eigenvalue weighted by molar-refractivity contribution is 5.91. The molecule has 10 heteroatoms.